The summed E-state index contributed by atoms with van der Waals surface area (Å²) in [5.74, 6) is -0.633. The maximum atomic E-state index is 13.5. The normalized spacial score (nSPS) is 15.0. The number of anilines is 1. The maximum Gasteiger partial charge on any atom is 0.244 e. The van der Waals surface area contributed by atoms with E-state index >= 15 is 0 Å². The molecule has 0 radical (unpaired) electrons. The lowest BCUT2D eigenvalue weighted by Crippen LogP contribution is -2.53. The summed E-state index contributed by atoms with van der Waals surface area (Å²) in [4.78, 5) is 28.0. The van der Waals surface area contributed by atoms with Crippen molar-refractivity contribution >= 4 is 43.5 Å². The molecule has 2 aromatic carbocycles. The van der Waals surface area contributed by atoms with Crippen LogP contribution in [-0.4, -0.2) is 56.6 Å². The summed E-state index contributed by atoms with van der Waals surface area (Å²) in [6, 6.07) is 16.0. The molecule has 0 aliphatic heterocycles. The molecule has 34 heavy (non-hydrogen) atoms. The molecule has 1 N–H and O–H groups in total. The van der Waals surface area contributed by atoms with Gasteiger partial charge in [0.1, 0.15) is 12.6 Å². The van der Waals surface area contributed by atoms with Gasteiger partial charge in [0.05, 0.1) is 11.9 Å². The molecule has 0 bridgehead atoms. The van der Waals surface area contributed by atoms with Gasteiger partial charge in [-0.05, 0) is 59.8 Å². The average molecular weight is 551 g/mol. The summed E-state index contributed by atoms with van der Waals surface area (Å²) in [6.45, 7) is 1.61. The minimum Gasteiger partial charge on any atom is -0.352 e. The van der Waals surface area contributed by atoms with Crippen molar-refractivity contribution in [1.29, 1.82) is 0 Å². The van der Waals surface area contributed by atoms with Crippen molar-refractivity contribution in [2.24, 2.45) is 0 Å². The highest BCUT2D eigenvalue weighted by molar-refractivity contribution is 9.10. The molecular weight excluding hydrogens is 518 g/mol. The number of hydrogen-bond acceptors (Lipinski definition) is 4. The van der Waals surface area contributed by atoms with Crippen LogP contribution >= 0.6 is 15.9 Å². The fourth-order valence-electron chi connectivity index (χ4n) is 4.21. The van der Waals surface area contributed by atoms with Crippen LogP contribution in [0.25, 0.3) is 0 Å². The number of para-hydroxylation sites is 1. The number of halogens is 1. The van der Waals surface area contributed by atoms with Crippen molar-refractivity contribution < 1.29 is 18.0 Å². The number of nitrogens with one attached hydrogen (secondary N) is 1. The number of carbonyl (C=O) groups excluding carboxylic acids is 2. The van der Waals surface area contributed by atoms with Crippen LogP contribution in [0.15, 0.2) is 59.1 Å². The molecular formula is C25H32BrN3O4S. The van der Waals surface area contributed by atoms with Gasteiger partial charge in [-0.1, -0.05) is 55.3 Å². The van der Waals surface area contributed by atoms with Gasteiger partial charge in [-0.3, -0.25) is 13.9 Å². The van der Waals surface area contributed by atoms with E-state index in [2.05, 4.69) is 21.2 Å². The first-order chi connectivity index (χ1) is 16.2. The van der Waals surface area contributed by atoms with Gasteiger partial charge in [0, 0.05) is 17.1 Å². The van der Waals surface area contributed by atoms with Crippen molar-refractivity contribution in [3.63, 3.8) is 0 Å². The summed E-state index contributed by atoms with van der Waals surface area (Å²) in [6.07, 6.45) is 5.70. The van der Waals surface area contributed by atoms with E-state index < -0.39 is 28.5 Å². The van der Waals surface area contributed by atoms with Crippen LogP contribution < -0.4 is 9.62 Å². The Morgan fingerprint density at radius 2 is 1.68 bits per heavy atom. The van der Waals surface area contributed by atoms with Crippen molar-refractivity contribution in [1.82, 2.24) is 10.2 Å². The van der Waals surface area contributed by atoms with E-state index in [4.69, 9.17) is 0 Å². The Hall–Kier alpha value is -2.39. The second kappa shape index (κ2) is 11.8. The van der Waals surface area contributed by atoms with E-state index in [9.17, 15) is 18.0 Å². The molecule has 1 unspecified atom stereocenters. The molecule has 0 heterocycles. The Morgan fingerprint density at radius 1 is 1.06 bits per heavy atom. The smallest absolute Gasteiger partial charge is 0.244 e. The highest BCUT2D eigenvalue weighted by Crippen LogP contribution is 2.28. The van der Waals surface area contributed by atoms with Crippen LogP contribution in [-0.2, 0) is 26.0 Å². The number of sulfonamides is 1. The van der Waals surface area contributed by atoms with Gasteiger partial charge in [-0.15, -0.1) is 0 Å². The van der Waals surface area contributed by atoms with E-state index in [-0.39, 0.29) is 11.9 Å². The van der Waals surface area contributed by atoms with Crippen LogP contribution in [0.3, 0.4) is 0 Å². The van der Waals surface area contributed by atoms with Gasteiger partial charge < -0.3 is 10.2 Å². The number of carbonyl (C=O) groups is 2. The Morgan fingerprint density at radius 3 is 2.29 bits per heavy atom. The van der Waals surface area contributed by atoms with E-state index in [0.29, 0.717) is 23.1 Å². The third-order valence-corrected chi connectivity index (χ3v) is 7.95. The molecule has 7 nitrogen and oxygen atoms in total. The van der Waals surface area contributed by atoms with E-state index in [0.717, 1.165) is 41.8 Å². The number of hydrogen-bond donors (Lipinski definition) is 1. The monoisotopic (exact) mass is 549 g/mol. The topological polar surface area (TPSA) is 86.8 Å². The first-order valence-corrected chi connectivity index (χ1v) is 14.2. The van der Waals surface area contributed by atoms with Crippen molar-refractivity contribution in [3.05, 3.63) is 64.6 Å². The summed E-state index contributed by atoms with van der Waals surface area (Å²) in [5.41, 5.74) is 1.42. The Bertz CT molecular complexity index is 1090. The lowest BCUT2D eigenvalue weighted by molar-refractivity contribution is -0.139. The minimum atomic E-state index is -3.75. The highest BCUT2D eigenvalue weighted by Gasteiger charge is 2.31. The predicted molar refractivity (Wildman–Crippen MR) is 138 cm³/mol. The van der Waals surface area contributed by atoms with Crippen molar-refractivity contribution in [3.8, 4) is 0 Å². The zero-order valence-electron chi connectivity index (χ0n) is 19.6. The van der Waals surface area contributed by atoms with Gasteiger partial charge in [-0.25, -0.2) is 8.42 Å². The summed E-state index contributed by atoms with van der Waals surface area (Å²) >= 11 is 3.38. The number of amides is 2. The van der Waals surface area contributed by atoms with E-state index in [1.807, 2.05) is 30.3 Å². The standard InChI is InChI=1S/C25H32BrN3O4S/c1-19(25(31)27-21-12-6-7-13-21)28(17-16-20-10-4-3-5-11-20)24(30)18-29(34(2,32)33)23-15-9-8-14-22(23)26/h3-5,8-11,14-15,19,21H,6-7,12-13,16-18H2,1-2H3,(H,27,31). The van der Waals surface area contributed by atoms with Crippen molar-refractivity contribution in [2.45, 2.75) is 51.1 Å². The fraction of sp³-hybridized carbons (Fsp3) is 0.440. The van der Waals surface area contributed by atoms with Crippen molar-refractivity contribution in [2.75, 3.05) is 23.7 Å². The highest BCUT2D eigenvalue weighted by atomic mass is 79.9. The molecule has 1 atom stereocenters. The summed E-state index contributed by atoms with van der Waals surface area (Å²) < 4.78 is 26.9. The van der Waals surface area contributed by atoms with E-state index in [1.165, 1.54) is 4.90 Å². The molecule has 1 aliphatic carbocycles. The van der Waals surface area contributed by atoms with Gasteiger partial charge in [-0.2, -0.15) is 0 Å². The molecule has 1 fully saturated rings. The third kappa shape index (κ3) is 7.06. The molecule has 2 aromatic rings. The third-order valence-electron chi connectivity index (χ3n) is 6.15. The fourth-order valence-corrected chi connectivity index (χ4v) is 5.69. The molecule has 2 amide bonds. The molecule has 0 aromatic heterocycles. The largest absolute Gasteiger partial charge is 0.352 e. The van der Waals surface area contributed by atoms with Gasteiger partial charge >= 0.3 is 0 Å². The quantitative estimate of drug-likeness (QED) is 0.489. The van der Waals surface area contributed by atoms with Gasteiger partial charge in [0.2, 0.25) is 21.8 Å². The first-order valence-electron chi connectivity index (χ1n) is 11.5. The summed E-state index contributed by atoms with van der Waals surface area (Å²) in [5, 5.41) is 3.06. The van der Waals surface area contributed by atoms with Crippen LogP contribution in [0.4, 0.5) is 5.69 Å². The zero-order chi connectivity index (χ0) is 24.7. The molecule has 1 saturated carbocycles. The Kier molecular flexibility index (Phi) is 9.13. The van der Waals surface area contributed by atoms with Gasteiger partial charge in [0.15, 0.2) is 0 Å². The van der Waals surface area contributed by atoms with Gasteiger partial charge in [0.25, 0.3) is 0 Å². The maximum absolute atomic E-state index is 13.5. The molecule has 9 heteroatoms. The minimum absolute atomic E-state index is 0.133. The number of rotatable bonds is 10. The average Bonchev–Trinajstić information content (AvgIpc) is 3.31. The van der Waals surface area contributed by atoms with Crippen LogP contribution in [0.5, 0.6) is 0 Å². The zero-order valence-corrected chi connectivity index (χ0v) is 22.0. The second-order valence-corrected chi connectivity index (χ2v) is 11.5. The Labute approximate surface area is 210 Å². The van der Waals surface area contributed by atoms with Crippen LogP contribution in [0.2, 0.25) is 0 Å². The van der Waals surface area contributed by atoms with Crippen LogP contribution in [0, 0.1) is 0 Å². The van der Waals surface area contributed by atoms with E-state index in [1.54, 1.807) is 31.2 Å². The molecule has 184 valence electrons. The molecule has 1 aliphatic rings. The van der Waals surface area contributed by atoms with Crippen LogP contribution in [0.1, 0.15) is 38.2 Å². The number of nitrogens with zero attached hydrogens (tertiary/aromatic N) is 2. The molecule has 0 saturated heterocycles. The summed E-state index contributed by atoms with van der Waals surface area (Å²) in [7, 11) is -3.75. The predicted octanol–water partition coefficient (Wildman–Crippen LogP) is 3.73. The lowest BCUT2D eigenvalue weighted by Gasteiger charge is -2.32. The lowest BCUT2D eigenvalue weighted by atomic mass is 10.1. The second-order valence-electron chi connectivity index (χ2n) is 8.71. The first kappa shape index (κ1) is 26.2. The SMILES string of the molecule is CC(C(=O)NC1CCCC1)N(CCc1ccccc1)C(=O)CN(c1ccccc1Br)S(C)(=O)=O. The number of benzene rings is 2. The Balaban J connectivity index is 1.82. The molecule has 3 rings (SSSR count). The molecule has 0 spiro atoms.